The van der Waals surface area contributed by atoms with E-state index in [1.54, 1.807) is 38.2 Å². The summed E-state index contributed by atoms with van der Waals surface area (Å²) >= 11 is 0. The minimum absolute atomic E-state index is 0.0180. The van der Waals surface area contributed by atoms with Crippen LogP contribution in [-0.4, -0.2) is 44.6 Å². The molecular formula is C12H17N5O3S. The molecule has 8 nitrogen and oxygen atoms in total. The van der Waals surface area contributed by atoms with Gasteiger partial charge in [-0.2, -0.15) is 8.42 Å². The molecule has 2 aromatic rings. The van der Waals surface area contributed by atoms with Crippen LogP contribution >= 0.6 is 0 Å². The van der Waals surface area contributed by atoms with Gasteiger partial charge in [-0.3, -0.25) is 4.72 Å². The Balaban J connectivity index is 2.48. The maximum absolute atomic E-state index is 12.4. The third-order valence-electron chi connectivity index (χ3n) is 2.77. The van der Waals surface area contributed by atoms with E-state index in [1.165, 1.54) is 13.3 Å². The summed E-state index contributed by atoms with van der Waals surface area (Å²) in [6.45, 7) is 1.68. The number of hydrogen-bond donors (Lipinski definition) is 2. The molecule has 9 heteroatoms. The van der Waals surface area contributed by atoms with Crippen LogP contribution in [0.1, 0.15) is 5.82 Å². The zero-order valence-electron chi connectivity index (χ0n) is 12.2. The third kappa shape index (κ3) is 3.07. The molecule has 114 valence electrons. The molecule has 0 aliphatic heterocycles. The van der Waals surface area contributed by atoms with Crippen molar-refractivity contribution in [2.45, 2.75) is 11.9 Å². The van der Waals surface area contributed by atoms with Gasteiger partial charge in [0.25, 0.3) is 10.0 Å². The summed E-state index contributed by atoms with van der Waals surface area (Å²) in [5, 5.41) is -0.0180. The number of aryl methyl sites for hydroxylation is 1. The van der Waals surface area contributed by atoms with Gasteiger partial charge in [0, 0.05) is 20.3 Å². The molecular weight excluding hydrogens is 294 g/mol. The lowest BCUT2D eigenvalue weighted by atomic mass is 10.3. The Morgan fingerprint density at radius 3 is 2.57 bits per heavy atom. The Hall–Kier alpha value is -2.29. The molecule has 0 saturated carbocycles. The number of sulfonamides is 1. The molecule has 2 heterocycles. The largest absolute Gasteiger partial charge is 0.479 e. The lowest BCUT2D eigenvalue weighted by Gasteiger charge is -2.19. The van der Waals surface area contributed by atoms with Gasteiger partial charge in [-0.05, 0) is 13.0 Å². The SMILES string of the molecule is COc1nccc(N(C)C)c1NS(=O)(=O)c1cnc(C)[nH]1. The first-order valence-corrected chi connectivity index (χ1v) is 7.58. The van der Waals surface area contributed by atoms with Gasteiger partial charge in [-0.15, -0.1) is 0 Å². The summed E-state index contributed by atoms with van der Waals surface area (Å²) in [5.74, 6) is 0.711. The van der Waals surface area contributed by atoms with E-state index >= 15 is 0 Å². The number of hydrogen-bond acceptors (Lipinski definition) is 6. The zero-order valence-corrected chi connectivity index (χ0v) is 13.0. The van der Waals surface area contributed by atoms with Crippen LogP contribution in [0.25, 0.3) is 0 Å². The quantitative estimate of drug-likeness (QED) is 0.854. The number of nitrogens with one attached hydrogen (secondary N) is 2. The topological polar surface area (TPSA) is 100 Å². The number of imidazole rings is 1. The molecule has 0 fully saturated rings. The molecule has 2 aromatic heterocycles. The smallest absolute Gasteiger partial charge is 0.279 e. The second-order valence-corrected chi connectivity index (χ2v) is 6.20. The van der Waals surface area contributed by atoms with E-state index in [-0.39, 0.29) is 16.6 Å². The second kappa shape index (κ2) is 5.60. The van der Waals surface area contributed by atoms with Crippen molar-refractivity contribution in [2.75, 3.05) is 30.8 Å². The van der Waals surface area contributed by atoms with Crippen LogP contribution in [0.4, 0.5) is 11.4 Å². The highest BCUT2D eigenvalue weighted by atomic mass is 32.2. The third-order valence-corrected chi connectivity index (χ3v) is 4.03. The maximum Gasteiger partial charge on any atom is 0.279 e. The molecule has 0 amide bonds. The van der Waals surface area contributed by atoms with E-state index in [9.17, 15) is 8.42 Å². The van der Waals surface area contributed by atoms with Gasteiger partial charge in [0.1, 0.15) is 11.5 Å². The number of anilines is 2. The minimum Gasteiger partial charge on any atom is -0.479 e. The average Bonchev–Trinajstić information content (AvgIpc) is 2.86. The second-order valence-electron chi connectivity index (χ2n) is 4.55. The minimum atomic E-state index is -3.80. The highest BCUT2D eigenvalue weighted by Gasteiger charge is 2.22. The first-order chi connectivity index (χ1) is 9.85. The lowest BCUT2D eigenvalue weighted by molar-refractivity contribution is 0.400. The van der Waals surface area contributed by atoms with E-state index in [4.69, 9.17) is 4.74 Å². The summed E-state index contributed by atoms with van der Waals surface area (Å²) in [6, 6.07) is 1.69. The Bertz CT molecular complexity index is 739. The van der Waals surface area contributed by atoms with Gasteiger partial charge in [-0.25, -0.2) is 9.97 Å². The Morgan fingerprint density at radius 2 is 2.05 bits per heavy atom. The van der Waals surface area contributed by atoms with Gasteiger partial charge >= 0.3 is 0 Å². The van der Waals surface area contributed by atoms with E-state index in [0.29, 0.717) is 11.5 Å². The number of aromatic amines is 1. The number of H-pyrrole nitrogens is 1. The normalized spacial score (nSPS) is 11.2. The Morgan fingerprint density at radius 1 is 1.33 bits per heavy atom. The predicted molar refractivity (Wildman–Crippen MR) is 79.2 cm³/mol. The first kappa shape index (κ1) is 15.1. The number of ether oxygens (including phenoxy) is 1. The van der Waals surface area contributed by atoms with Crippen LogP contribution in [0.15, 0.2) is 23.5 Å². The molecule has 0 aliphatic carbocycles. The summed E-state index contributed by atoms with van der Waals surface area (Å²) in [4.78, 5) is 12.4. The molecule has 2 rings (SSSR count). The standard InChI is InChI=1S/C12H17N5O3S/c1-8-14-7-10(15-8)21(18,19)16-11-9(17(2)3)5-6-13-12(11)20-4/h5-7,16H,1-4H3,(H,14,15). The first-order valence-electron chi connectivity index (χ1n) is 6.10. The van der Waals surface area contributed by atoms with Crippen molar-refractivity contribution in [1.82, 2.24) is 15.0 Å². The fourth-order valence-electron chi connectivity index (χ4n) is 1.78. The molecule has 0 aromatic carbocycles. The van der Waals surface area contributed by atoms with E-state index in [0.717, 1.165) is 0 Å². The molecule has 2 N–H and O–H groups in total. The summed E-state index contributed by atoms with van der Waals surface area (Å²) < 4.78 is 32.4. The molecule has 0 bridgehead atoms. The van der Waals surface area contributed by atoms with Gasteiger partial charge in [0.2, 0.25) is 5.88 Å². The van der Waals surface area contributed by atoms with Gasteiger partial charge in [-0.1, -0.05) is 0 Å². The van der Waals surface area contributed by atoms with Crippen molar-refractivity contribution in [3.8, 4) is 5.88 Å². The predicted octanol–water partition coefficient (Wildman–Crippen LogP) is 0.989. The fourth-order valence-corrected chi connectivity index (χ4v) is 2.82. The molecule has 0 atom stereocenters. The van der Waals surface area contributed by atoms with Crippen molar-refractivity contribution < 1.29 is 13.2 Å². The van der Waals surface area contributed by atoms with Crippen LogP contribution in [0.3, 0.4) is 0 Å². The van der Waals surface area contributed by atoms with Crippen molar-refractivity contribution in [1.29, 1.82) is 0 Å². The maximum atomic E-state index is 12.4. The molecule has 0 saturated heterocycles. The van der Waals surface area contributed by atoms with Gasteiger partial charge in [0.15, 0.2) is 5.03 Å². The van der Waals surface area contributed by atoms with Crippen LogP contribution in [0.2, 0.25) is 0 Å². The molecule has 21 heavy (non-hydrogen) atoms. The Labute approximate surface area is 123 Å². The van der Waals surface area contributed by atoms with Crippen LogP contribution in [0, 0.1) is 6.92 Å². The number of rotatable bonds is 5. The number of pyridine rings is 1. The van der Waals surface area contributed by atoms with Crippen LogP contribution in [0.5, 0.6) is 5.88 Å². The molecule has 0 spiro atoms. The van der Waals surface area contributed by atoms with Crippen molar-refractivity contribution in [3.63, 3.8) is 0 Å². The van der Waals surface area contributed by atoms with E-state index < -0.39 is 10.0 Å². The highest BCUT2D eigenvalue weighted by Crippen LogP contribution is 2.33. The van der Waals surface area contributed by atoms with Crippen molar-refractivity contribution in [2.24, 2.45) is 0 Å². The van der Waals surface area contributed by atoms with E-state index in [1.807, 2.05) is 0 Å². The van der Waals surface area contributed by atoms with Crippen LogP contribution in [-0.2, 0) is 10.0 Å². The summed E-state index contributed by atoms with van der Waals surface area (Å²) in [6.07, 6.45) is 2.81. The van der Waals surface area contributed by atoms with Crippen molar-refractivity contribution in [3.05, 3.63) is 24.3 Å². The average molecular weight is 311 g/mol. The fraction of sp³-hybridized carbons (Fsp3) is 0.333. The lowest BCUT2D eigenvalue weighted by Crippen LogP contribution is -2.18. The number of aromatic nitrogens is 3. The number of nitrogens with zero attached hydrogens (tertiary/aromatic N) is 3. The number of methoxy groups -OCH3 is 1. The van der Waals surface area contributed by atoms with Crippen LogP contribution < -0.4 is 14.4 Å². The summed E-state index contributed by atoms with van der Waals surface area (Å²) in [7, 11) is 1.23. The van der Waals surface area contributed by atoms with E-state index in [2.05, 4.69) is 19.7 Å². The van der Waals surface area contributed by atoms with Crippen molar-refractivity contribution >= 4 is 21.4 Å². The Kier molecular flexibility index (Phi) is 4.03. The molecule has 0 radical (unpaired) electrons. The van der Waals surface area contributed by atoms with Gasteiger partial charge in [0.05, 0.1) is 19.0 Å². The molecule has 0 unspecified atom stereocenters. The highest BCUT2D eigenvalue weighted by molar-refractivity contribution is 7.92. The van der Waals surface area contributed by atoms with Gasteiger partial charge < -0.3 is 14.6 Å². The molecule has 0 aliphatic rings. The zero-order chi connectivity index (χ0) is 15.6. The monoisotopic (exact) mass is 311 g/mol. The summed E-state index contributed by atoms with van der Waals surface area (Å²) in [5.41, 5.74) is 0.916.